The van der Waals surface area contributed by atoms with Crippen LogP contribution in [0, 0.1) is 0 Å². The van der Waals surface area contributed by atoms with Gasteiger partial charge in [0.15, 0.2) is 0 Å². The highest BCUT2D eigenvalue weighted by Gasteiger charge is 2.20. The summed E-state index contributed by atoms with van der Waals surface area (Å²) in [5, 5.41) is -0.290. The Morgan fingerprint density at radius 3 is 2.50 bits per heavy atom. The lowest BCUT2D eigenvalue weighted by atomic mass is 10.2. The van der Waals surface area contributed by atoms with Crippen LogP contribution in [-0.4, -0.2) is 26.7 Å². The van der Waals surface area contributed by atoms with E-state index < -0.39 is 21.2 Å². The molecule has 100 valence electrons. The van der Waals surface area contributed by atoms with Crippen molar-refractivity contribution >= 4 is 33.3 Å². The molecule has 0 fully saturated rings. The molecular formula is C11H14ClNO4S. The Balaban J connectivity index is 3.21. The normalized spacial score (nSPS) is 11.4. The zero-order chi connectivity index (χ0) is 13.9. The Bertz CT molecular complexity index is 554. The van der Waals surface area contributed by atoms with Crippen molar-refractivity contribution in [3.8, 4) is 0 Å². The number of rotatable bonds is 4. The van der Waals surface area contributed by atoms with Gasteiger partial charge in [-0.25, -0.2) is 13.2 Å². The third-order valence-corrected chi connectivity index (χ3v) is 4.24. The second kappa shape index (κ2) is 5.58. The van der Waals surface area contributed by atoms with E-state index in [0.717, 1.165) is 0 Å². The topological polar surface area (TPSA) is 72.5 Å². The number of carbonyl (C=O) groups excluding carboxylic acids is 1. The number of halogens is 1. The highest BCUT2D eigenvalue weighted by Crippen LogP contribution is 2.23. The first-order chi connectivity index (χ1) is 8.27. The van der Waals surface area contributed by atoms with Crippen molar-refractivity contribution in [2.75, 3.05) is 11.8 Å². The van der Waals surface area contributed by atoms with Gasteiger partial charge >= 0.3 is 5.97 Å². The lowest BCUT2D eigenvalue weighted by molar-refractivity contribution is 0.0602. The molecule has 0 aliphatic heterocycles. The average Bonchev–Trinajstić information content (AvgIpc) is 2.30. The van der Waals surface area contributed by atoms with Crippen LogP contribution in [0.15, 0.2) is 18.2 Å². The number of benzene rings is 1. The van der Waals surface area contributed by atoms with Gasteiger partial charge < -0.3 is 4.74 Å². The van der Waals surface area contributed by atoms with Gasteiger partial charge in [-0.1, -0.05) is 11.6 Å². The van der Waals surface area contributed by atoms with Crippen molar-refractivity contribution in [2.24, 2.45) is 0 Å². The summed E-state index contributed by atoms with van der Waals surface area (Å²) in [6.07, 6.45) is 0. The average molecular weight is 292 g/mol. The van der Waals surface area contributed by atoms with Crippen LogP contribution >= 0.6 is 11.6 Å². The number of sulfonamides is 1. The molecule has 0 bridgehead atoms. The number of hydrogen-bond acceptors (Lipinski definition) is 4. The molecule has 1 aromatic carbocycles. The molecule has 0 heterocycles. The maximum Gasteiger partial charge on any atom is 0.340 e. The maximum absolute atomic E-state index is 11.8. The van der Waals surface area contributed by atoms with E-state index >= 15 is 0 Å². The molecule has 5 nitrogen and oxygen atoms in total. The lowest BCUT2D eigenvalue weighted by Crippen LogP contribution is -2.23. The summed E-state index contributed by atoms with van der Waals surface area (Å²) >= 11 is 5.77. The van der Waals surface area contributed by atoms with Crippen LogP contribution < -0.4 is 4.72 Å². The van der Waals surface area contributed by atoms with E-state index in [4.69, 9.17) is 11.6 Å². The number of ether oxygens (including phenoxy) is 1. The van der Waals surface area contributed by atoms with E-state index in [2.05, 4.69) is 9.46 Å². The van der Waals surface area contributed by atoms with Crippen molar-refractivity contribution in [3.63, 3.8) is 0 Å². The van der Waals surface area contributed by atoms with E-state index in [1.54, 1.807) is 0 Å². The van der Waals surface area contributed by atoms with Crippen LogP contribution in [0.4, 0.5) is 5.69 Å². The number of hydrogen-bond donors (Lipinski definition) is 1. The molecule has 0 saturated heterocycles. The first-order valence-electron chi connectivity index (χ1n) is 5.17. The SMILES string of the molecule is COC(=O)c1cc(Cl)ccc1NS(=O)(=O)C(C)C. The fraction of sp³-hybridized carbons (Fsp3) is 0.364. The second-order valence-electron chi connectivity index (χ2n) is 3.88. The maximum atomic E-state index is 11.8. The molecule has 0 aliphatic rings. The first kappa shape index (κ1) is 14.8. The molecule has 0 aliphatic carbocycles. The van der Waals surface area contributed by atoms with Crippen LogP contribution in [0.3, 0.4) is 0 Å². The Kier molecular flexibility index (Phi) is 4.59. The highest BCUT2D eigenvalue weighted by molar-refractivity contribution is 7.93. The zero-order valence-electron chi connectivity index (χ0n) is 10.2. The van der Waals surface area contributed by atoms with E-state index in [0.29, 0.717) is 5.02 Å². The molecule has 0 unspecified atom stereocenters. The van der Waals surface area contributed by atoms with Crippen LogP contribution in [-0.2, 0) is 14.8 Å². The van der Waals surface area contributed by atoms with Crippen molar-refractivity contribution in [1.29, 1.82) is 0 Å². The minimum absolute atomic E-state index is 0.0780. The summed E-state index contributed by atoms with van der Waals surface area (Å²) < 4.78 is 30.4. The van der Waals surface area contributed by atoms with Crippen LogP contribution in [0.1, 0.15) is 24.2 Å². The number of carbonyl (C=O) groups is 1. The fourth-order valence-electron chi connectivity index (χ4n) is 1.16. The van der Waals surface area contributed by atoms with Gasteiger partial charge in [-0.3, -0.25) is 4.72 Å². The van der Waals surface area contributed by atoms with E-state index in [-0.39, 0.29) is 11.3 Å². The van der Waals surface area contributed by atoms with Gasteiger partial charge in [-0.15, -0.1) is 0 Å². The van der Waals surface area contributed by atoms with Gasteiger partial charge in [0.25, 0.3) is 0 Å². The molecule has 0 amide bonds. The zero-order valence-corrected chi connectivity index (χ0v) is 11.8. The predicted octanol–water partition coefficient (Wildman–Crippen LogP) is 2.28. The van der Waals surface area contributed by atoms with Crippen LogP contribution in [0.5, 0.6) is 0 Å². The van der Waals surface area contributed by atoms with Crippen LogP contribution in [0.25, 0.3) is 0 Å². The predicted molar refractivity (Wildman–Crippen MR) is 70.5 cm³/mol. The molecule has 1 aromatic rings. The van der Waals surface area contributed by atoms with Gasteiger partial charge in [0.1, 0.15) is 0 Å². The third-order valence-electron chi connectivity index (χ3n) is 2.26. The van der Waals surface area contributed by atoms with Crippen LogP contribution in [0.2, 0.25) is 5.02 Å². The number of esters is 1. The molecule has 0 atom stereocenters. The summed E-state index contributed by atoms with van der Waals surface area (Å²) in [6.45, 7) is 3.08. The first-order valence-corrected chi connectivity index (χ1v) is 7.10. The summed E-state index contributed by atoms with van der Waals surface area (Å²) in [4.78, 5) is 11.5. The molecule has 0 aromatic heterocycles. The van der Waals surface area contributed by atoms with Gasteiger partial charge in [0, 0.05) is 5.02 Å². The standard InChI is InChI=1S/C11H14ClNO4S/c1-7(2)18(15,16)13-10-5-4-8(12)6-9(10)11(14)17-3/h4-7,13H,1-3H3. The van der Waals surface area contributed by atoms with Crippen molar-refractivity contribution in [3.05, 3.63) is 28.8 Å². The molecule has 1 N–H and O–H groups in total. The number of nitrogens with one attached hydrogen (secondary N) is 1. The minimum Gasteiger partial charge on any atom is -0.465 e. The summed E-state index contributed by atoms with van der Waals surface area (Å²) in [5.41, 5.74) is 0.231. The molecule has 1 rings (SSSR count). The highest BCUT2D eigenvalue weighted by atomic mass is 35.5. The second-order valence-corrected chi connectivity index (χ2v) is 6.55. The van der Waals surface area contributed by atoms with Gasteiger partial charge in [-0.2, -0.15) is 0 Å². The number of anilines is 1. The Morgan fingerprint density at radius 1 is 1.39 bits per heavy atom. The van der Waals surface area contributed by atoms with Crippen molar-refractivity contribution in [2.45, 2.75) is 19.1 Å². The van der Waals surface area contributed by atoms with Gasteiger partial charge in [0.05, 0.1) is 23.6 Å². The minimum atomic E-state index is -3.53. The largest absolute Gasteiger partial charge is 0.465 e. The third kappa shape index (κ3) is 3.36. The molecular weight excluding hydrogens is 278 g/mol. The van der Waals surface area contributed by atoms with Gasteiger partial charge in [-0.05, 0) is 32.0 Å². The van der Waals surface area contributed by atoms with Crippen molar-refractivity contribution < 1.29 is 17.9 Å². The van der Waals surface area contributed by atoms with E-state index in [9.17, 15) is 13.2 Å². The Labute approximate surface area is 111 Å². The van der Waals surface area contributed by atoms with Crippen molar-refractivity contribution in [1.82, 2.24) is 0 Å². The van der Waals surface area contributed by atoms with Gasteiger partial charge in [0.2, 0.25) is 10.0 Å². The van der Waals surface area contributed by atoms with E-state index in [1.165, 1.54) is 39.2 Å². The summed E-state index contributed by atoms with van der Waals surface area (Å²) in [5.74, 6) is -0.654. The molecule has 0 spiro atoms. The Morgan fingerprint density at radius 2 is 2.00 bits per heavy atom. The smallest absolute Gasteiger partial charge is 0.340 e. The summed E-state index contributed by atoms with van der Waals surface area (Å²) in [7, 11) is -2.32. The summed E-state index contributed by atoms with van der Waals surface area (Å²) in [6, 6.07) is 4.27. The van der Waals surface area contributed by atoms with E-state index in [1.807, 2.05) is 0 Å². The quantitative estimate of drug-likeness (QED) is 0.864. The molecule has 0 saturated carbocycles. The monoisotopic (exact) mass is 291 g/mol. The Hall–Kier alpha value is -1.27. The molecule has 18 heavy (non-hydrogen) atoms. The molecule has 7 heteroatoms. The fourth-order valence-corrected chi connectivity index (χ4v) is 2.05. The molecule has 0 radical (unpaired) electrons. The lowest BCUT2D eigenvalue weighted by Gasteiger charge is -2.13. The number of methoxy groups -OCH3 is 1.